The van der Waals surface area contributed by atoms with Gasteiger partial charge >= 0.3 is 0 Å². The highest BCUT2D eigenvalue weighted by molar-refractivity contribution is 7.94. The summed E-state index contributed by atoms with van der Waals surface area (Å²) in [4.78, 5) is 11.8. The van der Waals surface area contributed by atoms with Crippen molar-refractivity contribution in [3.05, 3.63) is 23.8 Å². The van der Waals surface area contributed by atoms with E-state index in [2.05, 4.69) is 4.72 Å². The number of nitrogens with one attached hydrogen (secondary N) is 1. The number of sulfonamides is 2. The Morgan fingerprint density at radius 2 is 2.00 bits per heavy atom. The molecule has 0 atom stereocenters. The van der Waals surface area contributed by atoms with E-state index in [1.54, 1.807) is 6.92 Å². The molecule has 2 rings (SSSR count). The third-order valence-corrected chi connectivity index (χ3v) is 6.92. The summed E-state index contributed by atoms with van der Waals surface area (Å²) in [5, 5.41) is 0. The van der Waals surface area contributed by atoms with Crippen LogP contribution in [0.3, 0.4) is 0 Å². The minimum absolute atomic E-state index is 0.00507. The molecule has 1 aromatic carbocycles. The molecule has 0 spiro atoms. The summed E-state index contributed by atoms with van der Waals surface area (Å²) < 4.78 is 57.1. The number of rotatable bonds is 7. The number of carbonyl (C=O) groups excluding carboxylic acids is 1. The Kier molecular flexibility index (Phi) is 5.87. The van der Waals surface area contributed by atoms with Gasteiger partial charge < -0.3 is 4.74 Å². The molecule has 1 fully saturated rings. The summed E-state index contributed by atoms with van der Waals surface area (Å²) >= 11 is 0. The highest BCUT2D eigenvalue weighted by Gasteiger charge is 2.36. The first-order valence-corrected chi connectivity index (χ1v) is 10.9. The number of hydrogen-bond acceptors (Lipinski definition) is 6. The van der Waals surface area contributed by atoms with Crippen molar-refractivity contribution >= 4 is 31.6 Å². The molecule has 1 N–H and O–H groups in total. The summed E-state index contributed by atoms with van der Waals surface area (Å²) in [6.45, 7) is 5.63. The average Bonchev–Trinajstić information content (AvgIpc) is 2.76. The lowest BCUT2D eigenvalue weighted by Crippen LogP contribution is -2.30. The molecule has 1 aromatic rings. The molecule has 1 aliphatic heterocycles. The van der Waals surface area contributed by atoms with Crippen LogP contribution in [0.1, 0.15) is 25.8 Å². The van der Waals surface area contributed by atoms with Gasteiger partial charge in [0, 0.05) is 13.0 Å². The minimum Gasteiger partial charge on any atom is -0.377 e. The van der Waals surface area contributed by atoms with Gasteiger partial charge in [0.05, 0.1) is 29.0 Å². The Balaban J connectivity index is 2.20. The molecule has 25 heavy (non-hydrogen) atoms. The van der Waals surface area contributed by atoms with E-state index < -0.39 is 26.0 Å². The number of nitrogens with zero attached hydrogens (tertiary/aromatic N) is 1. The first-order valence-electron chi connectivity index (χ1n) is 7.82. The van der Waals surface area contributed by atoms with E-state index >= 15 is 0 Å². The molecule has 0 radical (unpaired) electrons. The Hall–Kier alpha value is -1.49. The topological polar surface area (TPSA) is 110 Å². The lowest BCUT2D eigenvalue weighted by atomic mass is 10.2. The Bertz CT molecular complexity index is 862. The third-order valence-electron chi connectivity index (χ3n) is 3.61. The molecule has 0 aliphatic carbocycles. The quantitative estimate of drug-likeness (QED) is 0.689. The van der Waals surface area contributed by atoms with E-state index in [1.165, 1.54) is 18.2 Å². The van der Waals surface area contributed by atoms with Crippen molar-refractivity contribution in [1.29, 1.82) is 0 Å². The first-order chi connectivity index (χ1) is 11.5. The van der Waals surface area contributed by atoms with Gasteiger partial charge in [-0.05, 0) is 44.5 Å². The molecule has 8 nitrogen and oxygen atoms in total. The van der Waals surface area contributed by atoms with Crippen LogP contribution in [0.5, 0.6) is 0 Å². The molecule has 1 saturated heterocycles. The second kappa shape index (κ2) is 7.40. The molecule has 0 bridgehead atoms. The van der Waals surface area contributed by atoms with Crippen LogP contribution >= 0.6 is 0 Å². The van der Waals surface area contributed by atoms with Gasteiger partial charge in [0.1, 0.15) is 0 Å². The van der Waals surface area contributed by atoms with E-state index in [-0.39, 0.29) is 42.0 Å². The normalized spacial score (nSPS) is 17.4. The lowest BCUT2D eigenvalue weighted by Gasteiger charge is -2.17. The zero-order valence-corrected chi connectivity index (χ0v) is 16.0. The predicted octanol–water partition coefficient (Wildman–Crippen LogP) is 0.765. The number of ether oxygens (including phenoxy) is 1. The van der Waals surface area contributed by atoms with E-state index in [0.29, 0.717) is 5.56 Å². The van der Waals surface area contributed by atoms with Crippen molar-refractivity contribution in [2.24, 2.45) is 0 Å². The van der Waals surface area contributed by atoms with E-state index in [1.807, 2.05) is 13.8 Å². The maximum absolute atomic E-state index is 12.4. The molecular weight excluding hydrogens is 368 g/mol. The first kappa shape index (κ1) is 19.8. The number of carbonyl (C=O) groups is 1. The largest absolute Gasteiger partial charge is 0.377 e. The lowest BCUT2D eigenvalue weighted by molar-refractivity contribution is -0.116. The van der Waals surface area contributed by atoms with Crippen molar-refractivity contribution in [1.82, 2.24) is 4.72 Å². The number of benzene rings is 1. The second-order valence-corrected chi connectivity index (χ2v) is 9.66. The van der Waals surface area contributed by atoms with Gasteiger partial charge in [-0.15, -0.1) is 0 Å². The van der Waals surface area contributed by atoms with Crippen LogP contribution in [0.2, 0.25) is 0 Å². The Morgan fingerprint density at radius 1 is 1.32 bits per heavy atom. The summed E-state index contributed by atoms with van der Waals surface area (Å²) in [6.07, 6.45) is -0.0655. The molecule has 1 heterocycles. The zero-order valence-electron chi connectivity index (χ0n) is 14.4. The fraction of sp³-hybridized carbons (Fsp3) is 0.533. The number of aryl methyl sites for hydroxylation is 1. The third kappa shape index (κ3) is 4.57. The number of hydrogen-bond donors (Lipinski definition) is 1. The van der Waals surface area contributed by atoms with Crippen LogP contribution in [0, 0.1) is 6.92 Å². The van der Waals surface area contributed by atoms with Gasteiger partial charge in [-0.25, -0.2) is 25.9 Å². The number of amides is 1. The molecule has 1 aliphatic rings. The Labute approximate surface area is 148 Å². The fourth-order valence-corrected chi connectivity index (χ4v) is 5.17. The van der Waals surface area contributed by atoms with E-state index in [9.17, 15) is 21.6 Å². The van der Waals surface area contributed by atoms with Crippen molar-refractivity contribution in [3.8, 4) is 0 Å². The van der Waals surface area contributed by atoms with Crippen molar-refractivity contribution in [2.45, 2.75) is 38.2 Å². The van der Waals surface area contributed by atoms with Crippen molar-refractivity contribution < 1.29 is 26.4 Å². The SMILES string of the molecule is Cc1cc(N2C(=O)CCS2(=O)=O)ccc1S(=O)(=O)NCCOC(C)C. The van der Waals surface area contributed by atoms with Crippen LogP contribution in [0.4, 0.5) is 5.69 Å². The van der Waals surface area contributed by atoms with Crippen LogP contribution < -0.4 is 9.03 Å². The molecule has 140 valence electrons. The highest BCUT2D eigenvalue weighted by Crippen LogP contribution is 2.28. The zero-order chi connectivity index (χ0) is 18.8. The van der Waals surface area contributed by atoms with Gasteiger partial charge in [-0.3, -0.25) is 4.79 Å². The highest BCUT2D eigenvalue weighted by atomic mass is 32.2. The van der Waals surface area contributed by atoms with E-state index in [0.717, 1.165) is 4.31 Å². The second-order valence-electron chi connectivity index (χ2n) is 5.99. The maximum Gasteiger partial charge on any atom is 0.242 e. The summed E-state index contributed by atoms with van der Waals surface area (Å²) in [7, 11) is -7.43. The summed E-state index contributed by atoms with van der Waals surface area (Å²) in [6, 6.07) is 4.02. The molecule has 0 saturated carbocycles. The van der Waals surface area contributed by atoms with Gasteiger partial charge in [-0.1, -0.05) is 0 Å². The molecule has 10 heteroatoms. The summed E-state index contributed by atoms with van der Waals surface area (Å²) in [5.41, 5.74) is 0.506. The molecular formula is C15H22N2O6S2. The van der Waals surface area contributed by atoms with Gasteiger partial charge in [0.15, 0.2) is 0 Å². The molecule has 1 amide bonds. The van der Waals surface area contributed by atoms with Crippen LogP contribution in [-0.4, -0.2) is 47.8 Å². The minimum atomic E-state index is -3.75. The summed E-state index contributed by atoms with van der Waals surface area (Å²) in [5.74, 6) is -0.749. The maximum atomic E-state index is 12.4. The van der Waals surface area contributed by atoms with Gasteiger partial charge in [0.25, 0.3) is 0 Å². The average molecular weight is 390 g/mol. The standard InChI is InChI=1S/C15H22N2O6S2/c1-11(2)23-8-7-16-25(21,22)14-5-4-13(10-12(14)3)17-15(18)6-9-24(17,19)20/h4-5,10-11,16H,6-9H2,1-3H3. The predicted molar refractivity (Wildman–Crippen MR) is 93.3 cm³/mol. The van der Waals surface area contributed by atoms with Crippen LogP contribution in [0.15, 0.2) is 23.1 Å². The fourth-order valence-electron chi connectivity index (χ4n) is 2.48. The van der Waals surface area contributed by atoms with Crippen LogP contribution in [0.25, 0.3) is 0 Å². The van der Waals surface area contributed by atoms with Crippen molar-refractivity contribution in [3.63, 3.8) is 0 Å². The molecule has 0 aromatic heterocycles. The van der Waals surface area contributed by atoms with Gasteiger partial charge in [-0.2, -0.15) is 0 Å². The monoisotopic (exact) mass is 390 g/mol. The Morgan fingerprint density at radius 3 is 2.52 bits per heavy atom. The van der Waals surface area contributed by atoms with Crippen LogP contribution in [-0.2, 0) is 29.6 Å². The van der Waals surface area contributed by atoms with Gasteiger partial charge in [0.2, 0.25) is 26.0 Å². The smallest absolute Gasteiger partial charge is 0.242 e. The van der Waals surface area contributed by atoms with E-state index in [4.69, 9.17) is 4.74 Å². The van der Waals surface area contributed by atoms with Crippen molar-refractivity contribution in [2.75, 3.05) is 23.2 Å². The number of anilines is 1. The molecule has 0 unspecified atom stereocenters.